The number of hydrogen-bond donors (Lipinski definition) is 2. The molecular weight excluding hydrogens is 178 g/mol. The van der Waals surface area contributed by atoms with Crippen LogP contribution in [0.15, 0.2) is 0 Å². The van der Waals surface area contributed by atoms with Crippen LogP contribution in [-0.4, -0.2) is 36.5 Å². The fourth-order valence-electron chi connectivity index (χ4n) is 2.27. The Morgan fingerprint density at radius 2 is 2.29 bits per heavy atom. The van der Waals surface area contributed by atoms with Crippen molar-refractivity contribution in [1.29, 1.82) is 0 Å². The van der Waals surface area contributed by atoms with E-state index >= 15 is 0 Å². The summed E-state index contributed by atoms with van der Waals surface area (Å²) >= 11 is 0. The summed E-state index contributed by atoms with van der Waals surface area (Å²) in [4.78, 5) is 0. The Balaban J connectivity index is 1.73. The third-order valence-electron chi connectivity index (χ3n) is 3.62. The highest BCUT2D eigenvalue weighted by Crippen LogP contribution is 2.31. The molecule has 2 rings (SSSR count). The van der Waals surface area contributed by atoms with E-state index < -0.39 is 5.60 Å². The number of ether oxygens (including phenoxy) is 1. The molecule has 2 unspecified atom stereocenters. The summed E-state index contributed by atoms with van der Waals surface area (Å²) in [6, 6.07) is 0.536. The van der Waals surface area contributed by atoms with Gasteiger partial charge in [-0.2, -0.15) is 0 Å². The zero-order valence-electron chi connectivity index (χ0n) is 8.96. The predicted octanol–water partition coefficient (Wildman–Crippen LogP) is 0.916. The van der Waals surface area contributed by atoms with E-state index in [0.29, 0.717) is 12.0 Å². The maximum atomic E-state index is 9.93. The van der Waals surface area contributed by atoms with Gasteiger partial charge in [-0.1, -0.05) is 6.92 Å². The van der Waals surface area contributed by atoms with Crippen molar-refractivity contribution in [3.63, 3.8) is 0 Å². The van der Waals surface area contributed by atoms with E-state index in [0.717, 1.165) is 39.0 Å². The molecule has 0 aromatic carbocycles. The molecule has 82 valence electrons. The molecule has 0 aromatic rings. The second-order valence-electron chi connectivity index (χ2n) is 4.91. The van der Waals surface area contributed by atoms with E-state index in [4.69, 9.17) is 4.74 Å². The Kier molecular flexibility index (Phi) is 3.10. The number of hydrogen-bond acceptors (Lipinski definition) is 3. The van der Waals surface area contributed by atoms with E-state index in [2.05, 4.69) is 12.2 Å². The Labute approximate surface area is 85.8 Å². The van der Waals surface area contributed by atoms with Crippen molar-refractivity contribution in [3.8, 4) is 0 Å². The highest BCUT2D eigenvalue weighted by atomic mass is 16.5. The summed E-state index contributed by atoms with van der Waals surface area (Å²) in [5, 5.41) is 13.4. The van der Waals surface area contributed by atoms with Crippen LogP contribution in [0.1, 0.15) is 32.6 Å². The lowest BCUT2D eigenvalue weighted by molar-refractivity contribution is -0.0404. The standard InChI is InChI=1S/C11H21NO2/c1-9-7-14-6-3-10(9)12-8-11(13)4-2-5-11/h9-10,12-13H,2-8H2,1H3. The molecule has 1 saturated heterocycles. The second-order valence-corrected chi connectivity index (χ2v) is 4.91. The van der Waals surface area contributed by atoms with E-state index in [-0.39, 0.29) is 0 Å². The van der Waals surface area contributed by atoms with Gasteiger partial charge in [0.15, 0.2) is 0 Å². The van der Waals surface area contributed by atoms with Crippen LogP contribution in [0.2, 0.25) is 0 Å². The molecule has 2 atom stereocenters. The number of rotatable bonds is 3. The van der Waals surface area contributed by atoms with Gasteiger partial charge in [-0.15, -0.1) is 0 Å². The van der Waals surface area contributed by atoms with Crippen molar-refractivity contribution in [3.05, 3.63) is 0 Å². The maximum absolute atomic E-state index is 9.93. The zero-order chi connectivity index (χ0) is 10.0. The minimum Gasteiger partial charge on any atom is -0.389 e. The first-order chi connectivity index (χ1) is 6.70. The molecule has 1 aliphatic heterocycles. The van der Waals surface area contributed by atoms with Crippen LogP contribution in [-0.2, 0) is 4.74 Å². The molecule has 0 aromatic heterocycles. The molecule has 2 aliphatic rings. The molecule has 0 spiro atoms. The summed E-state index contributed by atoms with van der Waals surface area (Å²) in [5.41, 5.74) is -0.391. The second kappa shape index (κ2) is 4.17. The van der Waals surface area contributed by atoms with Gasteiger partial charge in [0.1, 0.15) is 0 Å². The molecule has 0 amide bonds. The molecule has 0 radical (unpaired) electrons. The Morgan fingerprint density at radius 1 is 1.50 bits per heavy atom. The van der Waals surface area contributed by atoms with Gasteiger partial charge in [-0.05, 0) is 31.6 Å². The van der Waals surface area contributed by atoms with Crippen molar-refractivity contribution < 1.29 is 9.84 Å². The van der Waals surface area contributed by atoms with Gasteiger partial charge in [0.05, 0.1) is 12.2 Å². The smallest absolute Gasteiger partial charge is 0.0771 e. The van der Waals surface area contributed by atoms with Crippen molar-refractivity contribution in [1.82, 2.24) is 5.32 Å². The molecule has 1 heterocycles. The van der Waals surface area contributed by atoms with Crippen LogP contribution in [0, 0.1) is 5.92 Å². The highest BCUT2D eigenvalue weighted by molar-refractivity contribution is 4.91. The predicted molar refractivity (Wildman–Crippen MR) is 55.2 cm³/mol. The highest BCUT2D eigenvalue weighted by Gasteiger charge is 2.35. The topological polar surface area (TPSA) is 41.5 Å². The van der Waals surface area contributed by atoms with Gasteiger partial charge in [0, 0.05) is 19.2 Å². The van der Waals surface area contributed by atoms with E-state index in [9.17, 15) is 5.11 Å². The summed E-state index contributed by atoms with van der Waals surface area (Å²) in [7, 11) is 0. The minimum atomic E-state index is -0.391. The van der Waals surface area contributed by atoms with Gasteiger partial charge < -0.3 is 15.2 Å². The summed E-state index contributed by atoms with van der Waals surface area (Å²) in [6.07, 6.45) is 4.20. The van der Waals surface area contributed by atoms with E-state index in [1.54, 1.807) is 0 Å². The Hall–Kier alpha value is -0.120. The Morgan fingerprint density at radius 3 is 2.86 bits per heavy atom. The summed E-state index contributed by atoms with van der Waals surface area (Å²) < 4.78 is 5.38. The molecular formula is C11H21NO2. The van der Waals surface area contributed by atoms with Gasteiger partial charge in [-0.3, -0.25) is 0 Å². The largest absolute Gasteiger partial charge is 0.389 e. The first-order valence-electron chi connectivity index (χ1n) is 5.73. The molecule has 3 nitrogen and oxygen atoms in total. The maximum Gasteiger partial charge on any atom is 0.0771 e. The number of nitrogens with one attached hydrogen (secondary N) is 1. The summed E-state index contributed by atoms with van der Waals surface area (Å²) in [5.74, 6) is 0.576. The number of aliphatic hydroxyl groups is 1. The lowest BCUT2D eigenvalue weighted by Crippen LogP contribution is -2.51. The molecule has 14 heavy (non-hydrogen) atoms. The first kappa shape index (κ1) is 10.4. The normalized spacial score (nSPS) is 36.4. The van der Waals surface area contributed by atoms with Crippen molar-refractivity contribution in [2.24, 2.45) is 5.92 Å². The van der Waals surface area contributed by atoms with Gasteiger partial charge >= 0.3 is 0 Å². The Bertz CT molecular complexity index is 192. The van der Waals surface area contributed by atoms with E-state index in [1.807, 2.05) is 0 Å². The summed E-state index contributed by atoms with van der Waals surface area (Å²) in [6.45, 7) is 4.69. The van der Waals surface area contributed by atoms with Crippen molar-refractivity contribution in [2.45, 2.75) is 44.2 Å². The van der Waals surface area contributed by atoms with Gasteiger partial charge in [0.25, 0.3) is 0 Å². The monoisotopic (exact) mass is 199 g/mol. The third kappa shape index (κ3) is 2.27. The quantitative estimate of drug-likeness (QED) is 0.710. The van der Waals surface area contributed by atoms with Crippen LogP contribution in [0.4, 0.5) is 0 Å². The van der Waals surface area contributed by atoms with Crippen LogP contribution in [0.5, 0.6) is 0 Å². The van der Waals surface area contributed by atoms with E-state index in [1.165, 1.54) is 6.42 Å². The van der Waals surface area contributed by atoms with Crippen LogP contribution in [0.3, 0.4) is 0 Å². The molecule has 0 bridgehead atoms. The molecule has 2 fully saturated rings. The fourth-order valence-corrected chi connectivity index (χ4v) is 2.27. The van der Waals surface area contributed by atoms with Crippen LogP contribution < -0.4 is 5.32 Å². The molecule has 3 heteroatoms. The lowest BCUT2D eigenvalue weighted by Gasteiger charge is -2.39. The first-order valence-corrected chi connectivity index (χ1v) is 5.73. The average molecular weight is 199 g/mol. The fraction of sp³-hybridized carbons (Fsp3) is 1.00. The van der Waals surface area contributed by atoms with Gasteiger partial charge in [-0.25, -0.2) is 0 Å². The average Bonchev–Trinajstić information content (AvgIpc) is 2.14. The van der Waals surface area contributed by atoms with Crippen LogP contribution >= 0.6 is 0 Å². The lowest BCUT2D eigenvalue weighted by atomic mass is 9.80. The van der Waals surface area contributed by atoms with Gasteiger partial charge in [0.2, 0.25) is 0 Å². The molecule has 2 N–H and O–H groups in total. The van der Waals surface area contributed by atoms with Crippen LogP contribution in [0.25, 0.3) is 0 Å². The molecule has 1 saturated carbocycles. The third-order valence-corrected chi connectivity index (χ3v) is 3.62. The van der Waals surface area contributed by atoms with Crippen molar-refractivity contribution in [2.75, 3.05) is 19.8 Å². The zero-order valence-corrected chi connectivity index (χ0v) is 8.96. The minimum absolute atomic E-state index is 0.391. The molecule has 1 aliphatic carbocycles. The SMILES string of the molecule is CC1COCCC1NCC1(O)CCC1. The van der Waals surface area contributed by atoms with Crippen molar-refractivity contribution >= 4 is 0 Å².